The first-order valence-electron chi connectivity index (χ1n) is 5.94. The fraction of sp³-hybridized carbons (Fsp3) is 0.750. The third kappa shape index (κ3) is 2.62. The van der Waals surface area contributed by atoms with Crippen molar-refractivity contribution in [1.29, 1.82) is 0 Å². The second-order valence-corrected chi connectivity index (χ2v) is 4.73. The average molecular weight is 223 g/mol. The van der Waals surface area contributed by atoms with Crippen LogP contribution in [0.4, 0.5) is 0 Å². The van der Waals surface area contributed by atoms with E-state index >= 15 is 0 Å². The molecule has 1 heterocycles. The summed E-state index contributed by atoms with van der Waals surface area (Å²) in [6.45, 7) is 3.81. The summed E-state index contributed by atoms with van der Waals surface area (Å²) >= 11 is 0. The van der Waals surface area contributed by atoms with Crippen molar-refractivity contribution in [1.82, 2.24) is 15.1 Å². The maximum Gasteiger partial charge on any atom is 0.0888 e. The molecule has 1 fully saturated rings. The number of aryl methyl sites for hydroxylation is 2. The largest absolute Gasteiger partial charge is 0.372 e. The fourth-order valence-corrected chi connectivity index (χ4v) is 2.27. The van der Waals surface area contributed by atoms with Crippen molar-refractivity contribution < 1.29 is 4.74 Å². The number of hydrogen-bond acceptors (Lipinski definition) is 3. The van der Waals surface area contributed by atoms with E-state index in [9.17, 15) is 0 Å². The predicted octanol–water partition coefficient (Wildman–Crippen LogP) is 1.24. The smallest absolute Gasteiger partial charge is 0.0888 e. The molecule has 1 aliphatic rings. The molecule has 0 amide bonds. The zero-order chi connectivity index (χ0) is 11.5. The number of nitrogens with one attached hydrogen (secondary N) is 1. The van der Waals surface area contributed by atoms with Crippen molar-refractivity contribution in [2.45, 2.75) is 32.5 Å². The van der Waals surface area contributed by atoms with Gasteiger partial charge in [-0.2, -0.15) is 5.10 Å². The van der Waals surface area contributed by atoms with Crippen molar-refractivity contribution in [3.63, 3.8) is 0 Å². The van der Waals surface area contributed by atoms with Crippen molar-refractivity contribution in [3.05, 3.63) is 17.5 Å². The lowest BCUT2D eigenvalue weighted by Crippen LogP contribution is -2.36. The van der Waals surface area contributed by atoms with Gasteiger partial charge in [-0.05, 0) is 45.3 Å². The van der Waals surface area contributed by atoms with Gasteiger partial charge in [0, 0.05) is 7.05 Å². The summed E-state index contributed by atoms with van der Waals surface area (Å²) in [5.74, 6) is 0.809. The van der Waals surface area contributed by atoms with Crippen LogP contribution in [0.2, 0.25) is 0 Å². The van der Waals surface area contributed by atoms with Gasteiger partial charge in [0.15, 0.2) is 0 Å². The van der Waals surface area contributed by atoms with E-state index in [1.54, 1.807) is 0 Å². The van der Waals surface area contributed by atoms with Gasteiger partial charge >= 0.3 is 0 Å². The molecule has 1 aromatic rings. The molecule has 0 bridgehead atoms. The summed E-state index contributed by atoms with van der Waals surface area (Å²) < 4.78 is 7.75. The Hall–Kier alpha value is -0.870. The monoisotopic (exact) mass is 223 g/mol. The van der Waals surface area contributed by atoms with E-state index in [4.69, 9.17) is 4.74 Å². The van der Waals surface area contributed by atoms with Crippen molar-refractivity contribution >= 4 is 0 Å². The number of aromatic nitrogens is 2. The van der Waals surface area contributed by atoms with Gasteiger partial charge in [0.25, 0.3) is 0 Å². The van der Waals surface area contributed by atoms with Crippen molar-refractivity contribution in [2.24, 2.45) is 13.0 Å². The average Bonchev–Trinajstić information content (AvgIpc) is 2.49. The summed E-state index contributed by atoms with van der Waals surface area (Å²) in [4.78, 5) is 0. The predicted molar refractivity (Wildman–Crippen MR) is 63.2 cm³/mol. The SMILES string of the molecule is CNCC1CC(OCc2cc(C)nn2C)C1. The molecule has 4 nitrogen and oxygen atoms in total. The molecule has 0 radical (unpaired) electrons. The summed E-state index contributed by atoms with van der Waals surface area (Å²) in [5, 5.41) is 7.51. The minimum Gasteiger partial charge on any atom is -0.372 e. The molecule has 0 aliphatic heterocycles. The van der Waals surface area contributed by atoms with E-state index in [-0.39, 0.29) is 0 Å². The summed E-state index contributed by atoms with van der Waals surface area (Å²) in [7, 11) is 3.98. The highest BCUT2D eigenvalue weighted by atomic mass is 16.5. The number of ether oxygens (including phenoxy) is 1. The maximum atomic E-state index is 5.85. The van der Waals surface area contributed by atoms with Gasteiger partial charge < -0.3 is 10.1 Å². The zero-order valence-corrected chi connectivity index (χ0v) is 10.4. The molecule has 2 rings (SSSR count). The first kappa shape index (κ1) is 11.6. The van der Waals surface area contributed by atoms with Crippen LogP contribution < -0.4 is 5.32 Å². The molecule has 0 unspecified atom stereocenters. The molecule has 1 N–H and O–H groups in total. The third-order valence-electron chi connectivity index (χ3n) is 3.25. The Balaban J connectivity index is 1.71. The van der Waals surface area contributed by atoms with Crippen LogP contribution in [0.3, 0.4) is 0 Å². The Morgan fingerprint density at radius 1 is 1.56 bits per heavy atom. The summed E-state index contributed by atoms with van der Waals surface area (Å²) in [6, 6.07) is 2.09. The van der Waals surface area contributed by atoms with Gasteiger partial charge in [-0.3, -0.25) is 4.68 Å². The van der Waals surface area contributed by atoms with E-state index in [1.165, 1.54) is 12.8 Å². The highest BCUT2D eigenvalue weighted by Crippen LogP contribution is 2.30. The summed E-state index contributed by atoms with van der Waals surface area (Å²) in [6.07, 6.45) is 2.84. The molecular formula is C12H21N3O. The Labute approximate surface area is 97.0 Å². The highest BCUT2D eigenvalue weighted by molar-refractivity contribution is 5.07. The molecule has 1 aromatic heterocycles. The molecule has 0 atom stereocenters. The Bertz CT molecular complexity index is 342. The molecular weight excluding hydrogens is 202 g/mol. The van der Waals surface area contributed by atoms with Gasteiger partial charge in [0.2, 0.25) is 0 Å². The molecule has 16 heavy (non-hydrogen) atoms. The molecule has 4 heteroatoms. The van der Waals surface area contributed by atoms with Crippen molar-refractivity contribution in [3.8, 4) is 0 Å². The van der Waals surface area contributed by atoms with Crippen LogP contribution in [-0.2, 0) is 18.4 Å². The topological polar surface area (TPSA) is 39.1 Å². The molecule has 0 aromatic carbocycles. The van der Waals surface area contributed by atoms with Gasteiger partial charge in [-0.15, -0.1) is 0 Å². The Morgan fingerprint density at radius 2 is 2.31 bits per heavy atom. The first-order chi connectivity index (χ1) is 7.69. The van der Waals surface area contributed by atoms with E-state index in [0.717, 1.165) is 23.9 Å². The Morgan fingerprint density at radius 3 is 2.88 bits per heavy atom. The van der Waals surface area contributed by atoms with Crippen LogP contribution in [0, 0.1) is 12.8 Å². The second kappa shape index (κ2) is 4.97. The molecule has 0 spiro atoms. The quantitative estimate of drug-likeness (QED) is 0.816. The lowest BCUT2D eigenvalue weighted by Gasteiger charge is -2.34. The zero-order valence-electron chi connectivity index (χ0n) is 10.4. The minimum absolute atomic E-state index is 0.452. The molecule has 1 saturated carbocycles. The standard InChI is InChI=1S/C12H21N3O/c1-9-4-11(15(3)14-9)8-16-12-5-10(6-12)7-13-2/h4,10,12-13H,5-8H2,1-3H3. The van der Waals surface area contributed by atoms with Gasteiger partial charge in [0.05, 0.1) is 24.1 Å². The maximum absolute atomic E-state index is 5.85. The van der Waals surface area contributed by atoms with Crippen LogP contribution in [0.1, 0.15) is 24.2 Å². The molecule has 90 valence electrons. The van der Waals surface area contributed by atoms with Crippen LogP contribution >= 0.6 is 0 Å². The van der Waals surface area contributed by atoms with E-state index in [2.05, 4.69) is 16.5 Å². The normalized spacial score (nSPS) is 24.4. The molecule has 1 aliphatic carbocycles. The first-order valence-corrected chi connectivity index (χ1v) is 5.94. The van der Waals surface area contributed by atoms with E-state index < -0.39 is 0 Å². The van der Waals surface area contributed by atoms with Crippen LogP contribution in [0.25, 0.3) is 0 Å². The Kier molecular flexibility index (Phi) is 3.61. The highest BCUT2D eigenvalue weighted by Gasteiger charge is 2.29. The molecule has 0 saturated heterocycles. The number of rotatable bonds is 5. The number of hydrogen-bond donors (Lipinski definition) is 1. The fourth-order valence-electron chi connectivity index (χ4n) is 2.27. The lowest BCUT2D eigenvalue weighted by molar-refractivity contribution is -0.0412. The minimum atomic E-state index is 0.452. The van der Waals surface area contributed by atoms with Gasteiger partial charge in [-0.25, -0.2) is 0 Å². The van der Waals surface area contributed by atoms with Gasteiger partial charge in [0.1, 0.15) is 0 Å². The summed E-state index contributed by atoms with van der Waals surface area (Å²) in [5.41, 5.74) is 2.22. The van der Waals surface area contributed by atoms with E-state index in [0.29, 0.717) is 12.7 Å². The number of nitrogens with zero attached hydrogens (tertiary/aromatic N) is 2. The third-order valence-corrected chi connectivity index (χ3v) is 3.25. The van der Waals surface area contributed by atoms with Crippen molar-refractivity contribution in [2.75, 3.05) is 13.6 Å². The van der Waals surface area contributed by atoms with E-state index in [1.807, 2.05) is 25.7 Å². The second-order valence-electron chi connectivity index (χ2n) is 4.73. The lowest BCUT2D eigenvalue weighted by atomic mass is 9.82. The van der Waals surface area contributed by atoms with Crippen LogP contribution in [0.15, 0.2) is 6.07 Å². The van der Waals surface area contributed by atoms with Crippen LogP contribution in [0.5, 0.6) is 0 Å². The van der Waals surface area contributed by atoms with Crippen LogP contribution in [-0.4, -0.2) is 29.5 Å². The van der Waals surface area contributed by atoms with Gasteiger partial charge in [-0.1, -0.05) is 0 Å².